The van der Waals surface area contributed by atoms with Gasteiger partial charge in [-0.3, -0.25) is 0 Å². The van der Waals surface area contributed by atoms with Crippen LogP contribution in [-0.2, 0) is 5.54 Å². The maximum atomic E-state index is 12.8. The number of hydrogen-bond acceptors (Lipinski definition) is 6. The molecule has 1 saturated carbocycles. The first-order chi connectivity index (χ1) is 14.6. The summed E-state index contributed by atoms with van der Waals surface area (Å²) in [6.45, 7) is 2.22. The second-order valence-electron chi connectivity index (χ2n) is 7.71. The fourth-order valence-electron chi connectivity index (χ4n) is 3.88. The van der Waals surface area contributed by atoms with Gasteiger partial charge >= 0.3 is 6.09 Å². The highest BCUT2D eigenvalue weighted by Gasteiger charge is 2.42. The van der Waals surface area contributed by atoms with E-state index < -0.39 is 11.6 Å². The number of rotatable bonds is 5. The molecule has 30 heavy (non-hydrogen) atoms. The van der Waals surface area contributed by atoms with Gasteiger partial charge in [-0.25, -0.2) is 4.79 Å². The van der Waals surface area contributed by atoms with Crippen LogP contribution in [0.1, 0.15) is 38.4 Å². The molecule has 3 aromatic rings. The van der Waals surface area contributed by atoms with E-state index >= 15 is 0 Å². The van der Waals surface area contributed by atoms with Gasteiger partial charge in [0.1, 0.15) is 17.0 Å². The zero-order valence-corrected chi connectivity index (χ0v) is 17.1. The van der Waals surface area contributed by atoms with Gasteiger partial charge in [-0.2, -0.15) is 4.68 Å². The number of hydrogen-bond donors (Lipinski definition) is 1. The molecule has 1 aliphatic rings. The van der Waals surface area contributed by atoms with Crippen LogP contribution in [0.4, 0.5) is 4.79 Å². The summed E-state index contributed by atoms with van der Waals surface area (Å²) in [5, 5.41) is 15.5. The summed E-state index contributed by atoms with van der Waals surface area (Å²) in [6, 6.07) is 16.5. The van der Waals surface area contributed by atoms with E-state index in [0.717, 1.165) is 31.4 Å². The molecule has 0 radical (unpaired) electrons. The standard InChI is InChI=1S/C22H25N5O3/c1-16-11-13-22(14-12-16,23-21(28)30-18-8-4-3-5-9-18)20-24-25-26-27(20)17-7-6-10-19(15-17)29-2/h3-10,15-16H,11-14H2,1-2H3,(H,23,28). The van der Waals surface area contributed by atoms with Crippen LogP contribution in [0, 0.1) is 5.92 Å². The Kier molecular flexibility index (Phi) is 5.65. The Morgan fingerprint density at radius 3 is 2.57 bits per heavy atom. The molecule has 0 bridgehead atoms. The van der Waals surface area contributed by atoms with Crippen LogP contribution in [0.15, 0.2) is 54.6 Å². The van der Waals surface area contributed by atoms with Crippen molar-refractivity contribution in [3.8, 4) is 17.2 Å². The van der Waals surface area contributed by atoms with Gasteiger partial charge in [-0.05, 0) is 66.3 Å². The van der Waals surface area contributed by atoms with Crippen LogP contribution >= 0.6 is 0 Å². The van der Waals surface area contributed by atoms with E-state index in [9.17, 15) is 4.79 Å². The molecule has 1 aliphatic carbocycles. The number of amides is 1. The smallest absolute Gasteiger partial charge is 0.413 e. The minimum atomic E-state index is -0.717. The SMILES string of the molecule is COc1cccc(-n2nnnc2C2(NC(=O)Oc3ccccc3)CCC(C)CC2)c1. The predicted octanol–water partition coefficient (Wildman–Crippen LogP) is 3.86. The first-order valence-corrected chi connectivity index (χ1v) is 10.1. The highest BCUT2D eigenvalue weighted by atomic mass is 16.6. The van der Waals surface area contributed by atoms with Crippen LogP contribution in [0.5, 0.6) is 11.5 Å². The van der Waals surface area contributed by atoms with Gasteiger partial charge in [-0.15, -0.1) is 5.10 Å². The van der Waals surface area contributed by atoms with Crippen molar-refractivity contribution in [1.82, 2.24) is 25.5 Å². The van der Waals surface area contributed by atoms with Crippen molar-refractivity contribution in [2.45, 2.75) is 38.1 Å². The number of benzene rings is 2. The van der Waals surface area contributed by atoms with Gasteiger partial charge in [0.25, 0.3) is 0 Å². The third-order valence-electron chi connectivity index (χ3n) is 5.62. The summed E-state index contributed by atoms with van der Waals surface area (Å²) in [6.07, 6.45) is 2.84. The van der Waals surface area contributed by atoms with Gasteiger partial charge in [0.15, 0.2) is 5.82 Å². The number of tetrazole rings is 1. The predicted molar refractivity (Wildman–Crippen MR) is 111 cm³/mol. The molecule has 0 saturated heterocycles. The van der Waals surface area contributed by atoms with Crippen LogP contribution in [-0.4, -0.2) is 33.4 Å². The number of carbonyl (C=O) groups is 1. The lowest BCUT2D eigenvalue weighted by atomic mass is 9.76. The second-order valence-corrected chi connectivity index (χ2v) is 7.71. The highest BCUT2D eigenvalue weighted by Crippen LogP contribution is 2.39. The third-order valence-corrected chi connectivity index (χ3v) is 5.62. The van der Waals surface area contributed by atoms with Gasteiger partial charge in [-0.1, -0.05) is 31.2 Å². The van der Waals surface area contributed by atoms with E-state index in [-0.39, 0.29) is 0 Å². The zero-order chi connectivity index (χ0) is 21.0. The normalized spacial score (nSPS) is 21.1. The molecule has 0 spiro atoms. The minimum Gasteiger partial charge on any atom is -0.497 e. The van der Waals surface area contributed by atoms with E-state index in [1.165, 1.54) is 0 Å². The molecule has 0 unspecified atom stereocenters. The topological polar surface area (TPSA) is 91.2 Å². The molecule has 2 aromatic carbocycles. The van der Waals surface area contributed by atoms with Gasteiger partial charge in [0, 0.05) is 6.07 Å². The Labute approximate surface area is 175 Å². The fraction of sp³-hybridized carbons (Fsp3) is 0.364. The van der Waals surface area contributed by atoms with Gasteiger partial charge < -0.3 is 14.8 Å². The lowest BCUT2D eigenvalue weighted by molar-refractivity contribution is 0.150. The quantitative estimate of drug-likeness (QED) is 0.690. The van der Waals surface area contributed by atoms with Crippen molar-refractivity contribution in [1.29, 1.82) is 0 Å². The zero-order valence-electron chi connectivity index (χ0n) is 17.1. The number of ether oxygens (including phenoxy) is 2. The maximum Gasteiger partial charge on any atom is 0.413 e. The molecular weight excluding hydrogens is 382 g/mol. The third kappa shape index (κ3) is 4.12. The summed E-state index contributed by atoms with van der Waals surface area (Å²) >= 11 is 0. The number of aromatic nitrogens is 4. The Bertz CT molecular complexity index is 997. The molecule has 1 heterocycles. The number of carbonyl (C=O) groups excluding carboxylic acids is 1. The molecule has 8 heteroatoms. The average molecular weight is 407 g/mol. The highest BCUT2D eigenvalue weighted by molar-refractivity contribution is 5.71. The lowest BCUT2D eigenvalue weighted by Gasteiger charge is -2.38. The Balaban J connectivity index is 1.66. The molecule has 0 aliphatic heterocycles. The van der Waals surface area contributed by atoms with E-state index in [1.807, 2.05) is 42.5 Å². The number of nitrogens with zero attached hydrogens (tertiary/aromatic N) is 4. The fourth-order valence-corrected chi connectivity index (χ4v) is 3.88. The largest absolute Gasteiger partial charge is 0.497 e. The Morgan fingerprint density at radius 2 is 1.83 bits per heavy atom. The van der Waals surface area contributed by atoms with Crippen molar-refractivity contribution in [3.05, 3.63) is 60.4 Å². The monoisotopic (exact) mass is 407 g/mol. The van der Waals surface area contributed by atoms with Crippen LogP contribution in [0.25, 0.3) is 5.69 Å². The summed E-state index contributed by atoms with van der Waals surface area (Å²) in [4.78, 5) is 12.8. The van der Waals surface area contributed by atoms with Crippen molar-refractivity contribution < 1.29 is 14.3 Å². The van der Waals surface area contributed by atoms with Gasteiger partial charge in [0.05, 0.1) is 12.8 Å². The maximum absolute atomic E-state index is 12.8. The first-order valence-electron chi connectivity index (χ1n) is 10.1. The summed E-state index contributed by atoms with van der Waals surface area (Å²) in [5.41, 5.74) is 0.0517. The molecule has 1 aromatic heterocycles. The van der Waals surface area contributed by atoms with Crippen LogP contribution in [0.3, 0.4) is 0 Å². The van der Waals surface area contributed by atoms with Crippen molar-refractivity contribution in [3.63, 3.8) is 0 Å². The Morgan fingerprint density at radius 1 is 1.10 bits per heavy atom. The van der Waals surface area contributed by atoms with Crippen molar-refractivity contribution >= 4 is 6.09 Å². The van der Waals surface area contributed by atoms with Crippen molar-refractivity contribution in [2.24, 2.45) is 5.92 Å². The second kappa shape index (κ2) is 8.52. The van der Waals surface area contributed by atoms with Crippen molar-refractivity contribution in [2.75, 3.05) is 7.11 Å². The molecular formula is C22H25N5O3. The van der Waals surface area contributed by atoms with Gasteiger partial charge in [0.2, 0.25) is 0 Å². The summed E-state index contributed by atoms with van der Waals surface area (Å²) in [5.74, 6) is 2.36. The number of para-hydroxylation sites is 1. The minimum absolute atomic E-state index is 0.488. The van der Waals surface area contributed by atoms with E-state index in [2.05, 4.69) is 27.8 Å². The first kappa shape index (κ1) is 19.9. The molecule has 4 rings (SSSR count). The average Bonchev–Trinajstić information content (AvgIpc) is 3.27. The molecule has 0 atom stereocenters. The summed E-state index contributed by atoms with van der Waals surface area (Å²) in [7, 11) is 1.62. The molecule has 1 fully saturated rings. The molecule has 1 N–H and O–H groups in total. The lowest BCUT2D eigenvalue weighted by Crippen LogP contribution is -2.50. The molecule has 156 valence electrons. The molecule has 8 nitrogen and oxygen atoms in total. The Hall–Kier alpha value is -3.42. The van der Waals surface area contributed by atoms with E-state index in [1.54, 1.807) is 23.9 Å². The van der Waals surface area contributed by atoms with E-state index in [4.69, 9.17) is 9.47 Å². The number of nitrogens with one attached hydrogen (secondary N) is 1. The van der Waals surface area contributed by atoms with Crippen LogP contribution in [0.2, 0.25) is 0 Å². The summed E-state index contributed by atoms with van der Waals surface area (Å²) < 4.78 is 12.5. The number of methoxy groups -OCH3 is 1. The molecule has 1 amide bonds. The van der Waals surface area contributed by atoms with E-state index in [0.29, 0.717) is 23.2 Å². The van der Waals surface area contributed by atoms with Crippen LogP contribution < -0.4 is 14.8 Å².